The summed E-state index contributed by atoms with van der Waals surface area (Å²) in [5.41, 5.74) is 3.59. The van der Waals surface area contributed by atoms with Gasteiger partial charge in [-0.1, -0.05) is 29.8 Å². The largest absolute Gasteiger partial charge is 0.355 e. The van der Waals surface area contributed by atoms with Crippen molar-refractivity contribution in [3.8, 4) is 0 Å². The number of rotatable bonds is 4. The zero-order valence-corrected chi connectivity index (χ0v) is 14.1. The number of hydrogen-bond donors (Lipinski definition) is 2. The average molecular weight is 316 g/mol. The Kier molecular flexibility index (Phi) is 4.98. The molecular weight excluding hydrogens is 296 g/mol. The predicted molar refractivity (Wildman–Crippen MR) is 90.7 cm³/mol. The minimum atomic E-state index is -0.174. The monoisotopic (exact) mass is 316 g/mol. The number of thiophene rings is 1. The summed E-state index contributed by atoms with van der Waals surface area (Å²) in [6, 6.07) is 7.86. The van der Waals surface area contributed by atoms with E-state index in [1.54, 1.807) is 7.05 Å². The van der Waals surface area contributed by atoms with Crippen molar-refractivity contribution in [3.63, 3.8) is 0 Å². The van der Waals surface area contributed by atoms with E-state index < -0.39 is 0 Å². The van der Waals surface area contributed by atoms with Crippen molar-refractivity contribution in [2.75, 3.05) is 12.4 Å². The average Bonchev–Trinajstić information content (AvgIpc) is 2.75. The lowest BCUT2D eigenvalue weighted by molar-refractivity contribution is -0.115. The van der Waals surface area contributed by atoms with Gasteiger partial charge in [-0.3, -0.25) is 9.59 Å². The summed E-state index contributed by atoms with van der Waals surface area (Å²) in [5, 5.41) is 6.11. The van der Waals surface area contributed by atoms with E-state index in [0.29, 0.717) is 17.0 Å². The Balaban J connectivity index is 2.16. The molecule has 2 rings (SSSR count). The van der Waals surface area contributed by atoms with Crippen LogP contribution in [0.5, 0.6) is 0 Å². The van der Waals surface area contributed by atoms with Gasteiger partial charge in [-0.15, -0.1) is 11.3 Å². The molecule has 5 heteroatoms. The van der Waals surface area contributed by atoms with Crippen molar-refractivity contribution in [2.24, 2.45) is 0 Å². The van der Waals surface area contributed by atoms with Gasteiger partial charge in [-0.25, -0.2) is 0 Å². The Morgan fingerprint density at radius 1 is 1.09 bits per heavy atom. The van der Waals surface area contributed by atoms with E-state index >= 15 is 0 Å². The van der Waals surface area contributed by atoms with Crippen molar-refractivity contribution in [3.05, 3.63) is 51.4 Å². The Morgan fingerprint density at radius 3 is 2.32 bits per heavy atom. The predicted octanol–water partition coefficient (Wildman–Crippen LogP) is 3.21. The quantitative estimate of drug-likeness (QED) is 0.910. The van der Waals surface area contributed by atoms with Crippen molar-refractivity contribution in [1.29, 1.82) is 0 Å². The van der Waals surface area contributed by atoms with Crippen LogP contribution < -0.4 is 10.6 Å². The van der Waals surface area contributed by atoms with Gasteiger partial charge < -0.3 is 10.6 Å². The lowest BCUT2D eigenvalue weighted by Gasteiger charge is -2.07. The molecule has 1 aromatic heterocycles. The second-order valence-electron chi connectivity index (χ2n) is 5.28. The van der Waals surface area contributed by atoms with Crippen molar-refractivity contribution in [2.45, 2.75) is 27.2 Å². The minimum Gasteiger partial charge on any atom is -0.355 e. The number of amides is 2. The standard InChI is InChI=1S/C17H20N2O2S/c1-10-5-7-13(8-6-10)9-14(20)19-17-15(16(21)18-4)11(2)12(3)22-17/h5-8H,9H2,1-4H3,(H,18,21)(H,19,20). The summed E-state index contributed by atoms with van der Waals surface area (Å²) in [6.45, 7) is 5.85. The number of aryl methyl sites for hydroxylation is 2. The molecule has 0 unspecified atom stereocenters. The molecule has 1 aromatic carbocycles. The maximum absolute atomic E-state index is 12.2. The molecule has 4 nitrogen and oxygen atoms in total. The summed E-state index contributed by atoms with van der Waals surface area (Å²) in [6.07, 6.45) is 0.295. The van der Waals surface area contributed by atoms with Gasteiger partial charge in [0, 0.05) is 11.9 Å². The molecule has 0 saturated heterocycles. The van der Waals surface area contributed by atoms with E-state index in [1.165, 1.54) is 11.3 Å². The molecule has 0 saturated carbocycles. The van der Waals surface area contributed by atoms with Crippen molar-refractivity contribution < 1.29 is 9.59 Å². The molecule has 22 heavy (non-hydrogen) atoms. The summed E-state index contributed by atoms with van der Waals surface area (Å²) in [7, 11) is 1.59. The van der Waals surface area contributed by atoms with E-state index in [9.17, 15) is 9.59 Å². The molecule has 2 amide bonds. The fourth-order valence-electron chi connectivity index (χ4n) is 2.18. The minimum absolute atomic E-state index is 0.116. The first-order chi connectivity index (χ1) is 10.4. The van der Waals surface area contributed by atoms with Crippen LogP contribution in [-0.4, -0.2) is 18.9 Å². The number of carbonyl (C=O) groups is 2. The van der Waals surface area contributed by atoms with Crippen LogP contribution in [0.4, 0.5) is 5.00 Å². The van der Waals surface area contributed by atoms with Crippen LogP contribution in [0.1, 0.15) is 31.9 Å². The van der Waals surface area contributed by atoms with E-state index in [-0.39, 0.29) is 11.8 Å². The summed E-state index contributed by atoms with van der Waals surface area (Å²) < 4.78 is 0. The fraction of sp³-hybridized carbons (Fsp3) is 0.294. The topological polar surface area (TPSA) is 58.2 Å². The summed E-state index contributed by atoms with van der Waals surface area (Å²) in [5.74, 6) is -0.289. The van der Waals surface area contributed by atoms with E-state index in [0.717, 1.165) is 21.6 Å². The zero-order chi connectivity index (χ0) is 16.3. The first-order valence-electron chi connectivity index (χ1n) is 7.09. The SMILES string of the molecule is CNC(=O)c1c(NC(=O)Cc2ccc(C)cc2)sc(C)c1C. The highest BCUT2D eigenvalue weighted by Gasteiger charge is 2.20. The third kappa shape index (κ3) is 3.54. The first-order valence-corrected chi connectivity index (χ1v) is 7.91. The van der Waals surface area contributed by atoms with E-state index in [4.69, 9.17) is 0 Å². The molecule has 2 N–H and O–H groups in total. The van der Waals surface area contributed by atoms with Gasteiger partial charge in [-0.2, -0.15) is 0 Å². The Labute approximate surface area is 134 Å². The normalized spacial score (nSPS) is 10.4. The van der Waals surface area contributed by atoms with Crippen molar-refractivity contribution in [1.82, 2.24) is 5.32 Å². The zero-order valence-electron chi connectivity index (χ0n) is 13.2. The molecule has 0 radical (unpaired) electrons. The smallest absolute Gasteiger partial charge is 0.254 e. The molecule has 0 spiro atoms. The molecule has 2 aromatic rings. The molecule has 1 heterocycles. The van der Waals surface area contributed by atoms with E-state index in [1.807, 2.05) is 45.0 Å². The Bertz CT molecular complexity index is 702. The molecule has 0 aliphatic heterocycles. The highest BCUT2D eigenvalue weighted by atomic mass is 32.1. The van der Waals surface area contributed by atoms with Gasteiger partial charge in [0.15, 0.2) is 0 Å². The fourth-order valence-corrected chi connectivity index (χ4v) is 3.25. The molecule has 0 aliphatic carbocycles. The van der Waals surface area contributed by atoms with E-state index in [2.05, 4.69) is 10.6 Å². The van der Waals surface area contributed by atoms with Crippen LogP contribution in [0, 0.1) is 20.8 Å². The van der Waals surface area contributed by atoms with Crippen LogP contribution in [0.2, 0.25) is 0 Å². The summed E-state index contributed by atoms with van der Waals surface area (Å²) >= 11 is 1.43. The number of carbonyl (C=O) groups excluding carboxylic acids is 2. The molecule has 0 fully saturated rings. The van der Waals surface area contributed by atoms with Gasteiger partial charge in [0.25, 0.3) is 5.91 Å². The highest BCUT2D eigenvalue weighted by molar-refractivity contribution is 7.16. The van der Waals surface area contributed by atoms with Crippen molar-refractivity contribution >= 4 is 28.2 Å². The summed E-state index contributed by atoms with van der Waals surface area (Å²) in [4.78, 5) is 25.2. The lowest BCUT2D eigenvalue weighted by atomic mass is 10.1. The van der Waals surface area contributed by atoms with Gasteiger partial charge in [0.2, 0.25) is 5.91 Å². The highest BCUT2D eigenvalue weighted by Crippen LogP contribution is 2.32. The Hall–Kier alpha value is -2.14. The molecule has 0 atom stereocenters. The Morgan fingerprint density at radius 2 is 1.73 bits per heavy atom. The third-order valence-electron chi connectivity index (χ3n) is 3.58. The van der Waals surface area contributed by atoms with Gasteiger partial charge in [0.05, 0.1) is 12.0 Å². The third-order valence-corrected chi connectivity index (χ3v) is 4.70. The molecular formula is C17H20N2O2S. The van der Waals surface area contributed by atoms with Crippen LogP contribution in [0.3, 0.4) is 0 Å². The van der Waals surface area contributed by atoms with Gasteiger partial charge in [0.1, 0.15) is 5.00 Å². The molecule has 0 aliphatic rings. The number of benzene rings is 1. The van der Waals surface area contributed by atoms with Crippen LogP contribution in [-0.2, 0) is 11.2 Å². The van der Waals surface area contributed by atoms with Crippen LogP contribution in [0.25, 0.3) is 0 Å². The van der Waals surface area contributed by atoms with Crippen LogP contribution >= 0.6 is 11.3 Å². The second kappa shape index (κ2) is 6.75. The number of hydrogen-bond acceptors (Lipinski definition) is 3. The van der Waals surface area contributed by atoms with Gasteiger partial charge in [-0.05, 0) is 31.9 Å². The number of nitrogens with one attached hydrogen (secondary N) is 2. The maximum atomic E-state index is 12.2. The lowest BCUT2D eigenvalue weighted by Crippen LogP contribution is -2.21. The van der Waals surface area contributed by atoms with Gasteiger partial charge >= 0.3 is 0 Å². The molecule has 0 bridgehead atoms. The number of anilines is 1. The second-order valence-corrected chi connectivity index (χ2v) is 6.50. The molecule has 116 valence electrons. The maximum Gasteiger partial charge on any atom is 0.254 e. The van der Waals surface area contributed by atoms with Crippen LogP contribution in [0.15, 0.2) is 24.3 Å². The first kappa shape index (κ1) is 16.2.